The van der Waals surface area contributed by atoms with Crippen LogP contribution in [0.2, 0.25) is 0 Å². The Labute approximate surface area is 163 Å². The molecule has 0 spiro atoms. The second kappa shape index (κ2) is 6.20. The summed E-state index contributed by atoms with van der Waals surface area (Å²) < 4.78 is 2.19. The molecular weight excluding hydrogens is 344 g/mol. The molecule has 2 aromatic carbocycles. The van der Waals surface area contributed by atoms with Gasteiger partial charge in [0.15, 0.2) is 0 Å². The Kier molecular flexibility index (Phi) is 3.66. The minimum Gasteiger partial charge on any atom is -0.399 e. The largest absolute Gasteiger partial charge is 0.399 e. The molecule has 0 aliphatic heterocycles. The van der Waals surface area contributed by atoms with Crippen molar-refractivity contribution >= 4 is 50.5 Å². The van der Waals surface area contributed by atoms with E-state index in [0.29, 0.717) is 0 Å². The van der Waals surface area contributed by atoms with Gasteiger partial charge in [0.05, 0.1) is 22.4 Å². The molecule has 0 aliphatic rings. The van der Waals surface area contributed by atoms with Crippen LogP contribution in [0, 0.1) is 6.92 Å². The maximum absolute atomic E-state index is 6.04. The first-order chi connectivity index (χ1) is 13.6. The molecule has 3 aromatic heterocycles. The number of rotatable bonds is 2. The van der Waals surface area contributed by atoms with Crippen LogP contribution < -0.4 is 5.73 Å². The number of aryl methyl sites for hydroxylation is 2. The lowest BCUT2D eigenvalue weighted by molar-refractivity contribution is 0.996. The molecule has 0 amide bonds. The summed E-state index contributed by atoms with van der Waals surface area (Å²) in [6.45, 7) is 2.06. The molecule has 4 heteroatoms. The Hall–Kier alpha value is -3.66. The predicted octanol–water partition coefficient (Wildman–Crippen LogP) is 5.34. The van der Waals surface area contributed by atoms with Crippen LogP contribution in [0.15, 0.2) is 60.8 Å². The summed E-state index contributed by atoms with van der Waals surface area (Å²) in [4.78, 5) is 9.25. The maximum atomic E-state index is 6.04. The fourth-order valence-electron chi connectivity index (χ4n) is 4.02. The molecule has 28 heavy (non-hydrogen) atoms. The van der Waals surface area contributed by atoms with E-state index < -0.39 is 0 Å². The summed E-state index contributed by atoms with van der Waals surface area (Å²) in [5.41, 5.74) is 13.2. The van der Waals surface area contributed by atoms with Crippen LogP contribution in [-0.4, -0.2) is 14.5 Å². The average molecular weight is 364 g/mol. The second-order valence-electron chi connectivity index (χ2n) is 7.11. The molecule has 0 aliphatic carbocycles. The third kappa shape index (κ3) is 2.54. The number of anilines is 1. The van der Waals surface area contributed by atoms with Crippen molar-refractivity contribution in [2.75, 3.05) is 5.73 Å². The van der Waals surface area contributed by atoms with Crippen molar-refractivity contribution < 1.29 is 0 Å². The van der Waals surface area contributed by atoms with Crippen LogP contribution in [-0.2, 0) is 7.05 Å². The van der Waals surface area contributed by atoms with E-state index in [1.807, 2.05) is 42.6 Å². The van der Waals surface area contributed by atoms with Crippen molar-refractivity contribution in [2.24, 2.45) is 7.05 Å². The lowest BCUT2D eigenvalue weighted by atomic mass is 10.1. The highest BCUT2D eigenvalue weighted by atomic mass is 15.0. The summed E-state index contributed by atoms with van der Waals surface area (Å²) in [5, 5.41) is 3.47. The van der Waals surface area contributed by atoms with Crippen molar-refractivity contribution in [2.45, 2.75) is 6.92 Å². The first-order valence-corrected chi connectivity index (χ1v) is 9.29. The topological polar surface area (TPSA) is 56.7 Å². The third-order valence-corrected chi connectivity index (χ3v) is 5.31. The zero-order chi connectivity index (χ0) is 19.3. The lowest BCUT2D eigenvalue weighted by Gasteiger charge is -2.04. The van der Waals surface area contributed by atoms with Gasteiger partial charge >= 0.3 is 0 Å². The number of nitrogens with two attached hydrogens (primary N) is 1. The molecule has 0 unspecified atom stereocenters. The van der Waals surface area contributed by atoms with Crippen LogP contribution in [0.5, 0.6) is 0 Å². The number of hydrogen-bond acceptors (Lipinski definition) is 3. The van der Waals surface area contributed by atoms with Crippen LogP contribution in [0.3, 0.4) is 0 Å². The van der Waals surface area contributed by atoms with Crippen molar-refractivity contribution in [1.82, 2.24) is 14.5 Å². The number of aromatic nitrogens is 3. The van der Waals surface area contributed by atoms with Crippen LogP contribution >= 0.6 is 0 Å². The van der Waals surface area contributed by atoms with Gasteiger partial charge in [-0.15, -0.1) is 0 Å². The van der Waals surface area contributed by atoms with Gasteiger partial charge in [-0.1, -0.05) is 24.3 Å². The highest BCUT2D eigenvalue weighted by molar-refractivity contribution is 6.10. The maximum Gasteiger partial charge on any atom is 0.0707 e. The number of pyridine rings is 2. The van der Waals surface area contributed by atoms with Crippen LogP contribution in [0.4, 0.5) is 5.69 Å². The highest BCUT2D eigenvalue weighted by Gasteiger charge is 2.12. The molecular formula is C24H20N4. The van der Waals surface area contributed by atoms with Gasteiger partial charge in [-0.05, 0) is 55.0 Å². The number of benzene rings is 2. The van der Waals surface area contributed by atoms with E-state index in [-0.39, 0.29) is 0 Å². The standard InChI is InChI=1S/C24H20N4/c1-15-24-21(20-13-17(25)8-10-23(20)28(24)2)14-18(27-15)9-7-16-11-12-26-22-6-4-3-5-19(16)22/h3-14H,25H2,1-2H3/b9-7+. The Bertz CT molecular complexity index is 1390. The van der Waals surface area contributed by atoms with E-state index in [9.17, 15) is 0 Å². The predicted molar refractivity (Wildman–Crippen MR) is 118 cm³/mol. The van der Waals surface area contributed by atoms with Gasteiger partial charge in [-0.2, -0.15) is 0 Å². The Balaban J connectivity index is 1.68. The van der Waals surface area contributed by atoms with E-state index in [1.54, 1.807) is 0 Å². The highest BCUT2D eigenvalue weighted by Crippen LogP contribution is 2.32. The molecule has 3 heterocycles. The monoisotopic (exact) mass is 364 g/mol. The van der Waals surface area contributed by atoms with E-state index in [4.69, 9.17) is 10.7 Å². The molecule has 0 saturated carbocycles. The SMILES string of the molecule is Cc1nc(/C=C/c2ccnc3ccccc23)cc2c3cc(N)ccc3n(C)c12. The number of fused-ring (bicyclic) bond motifs is 4. The molecule has 0 saturated heterocycles. The van der Waals surface area contributed by atoms with Gasteiger partial charge in [0.25, 0.3) is 0 Å². The minimum absolute atomic E-state index is 0.773. The molecule has 4 nitrogen and oxygen atoms in total. The molecule has 0 bridgehead atoms. The Morgan fingerprint density at radius 1 is 0.929 bits per heavy atom. The van der Waals surface area contributed by atoms with E-state index >= 15 is 0 Å². The number of nitrogens with zero attached hydrogens (tertiary/aromatic N) is 3. The molecule has 5 rings (SSSR count). The van der Waals surface area contributed by atoms with Crippen molar-refractivity contribution in [3.63, 3.8) is 0 Å². The van der Waals surface area contributed by atoms with Gasteiger partial charge < -0.3 is 10.3 Å². The first kappa shape index (κ1) is 16.5. The van der Waals surface area contributed by atoms with E-state index in [1.165, 1.54) is 5.39 Å². The van der Waals surface area contributed by atoms with Gasteiger partial charge in [-0.25, -0.2) is 0 Å². The van der Waals surface area contributed by atoms with Crippen molar-refractivity contribution in [3.8, 4) is 0 Å². The minimum atomic E-state index is 0.773. The Morgan fingerprint density at radius 2 is 1.79 bits per heavy atom. The van der Waals surface area contributed by atoms with Crippen molar-refractivity contribution in [3.05, 3.63) is 77.7 Å². The zero-order valence-corrected chi connectivity index (χ0v) is 15.8. The third-order valence-electron chi connectivity index (χ3n) is 5.31. The van der Waals surface area contributed by atoms with Crippen molar-refractivity contribution in [1.29, 1.82) is 0 Å². The smallest absolute Gasteiger partial charge is 0.0707 e. The molecule has 0 radical (unpaired) electrons. The first-order valence-electron chi connectivity index (χ1n) is 9.29. The fourth-order valence-corrected chi connectivity index (χ4v) is 4.02. The summed E-state index contributed by atoms with van der Waals surface area (Å²) in [7, 11) is 2.08. The molecule has 0 fully saturated rings. The second-order valence-corrected chi connectivity index (χ2v) is 7.11. The van der Waals surface area contributed by atoms with Gasteiger partial charge in [-0.3, -0.25) is 9.97 Å². The van der Waals surface area contributed by atoms with Gasteiger partial charge in [0.1, 0.15) is 0 Å². The average Bonchev–Trinajstić information content (AvgIpc) is 2.98. The lowest BCUT2D eigenvalue weighted by Crippen LogP contribution is -1.93. The number of hydrogen-bond donors (Lipinski definition) is 1. The van der Waals surface area contributed by atoms with E-state index in [0.717, 1.165) is 50.0 Å². The van der Waals surface area contributed by atoms with Gasteiger partial charge in [0, 0.05) is 40.6 Å². The quantitative estimate of drug-likeness (QED) is 0.430. The van der Waals surface area contributed by atoms with E-state index in [2.05, 4.69) is 53.9 Å². The van der Waals surface area contributed by atoms with Crippen LogP contribution in [0.25, 0.3) is 44.9 Å². The summed E-state index contributed by atoms with van der Waals surface area (Å²) in [6.07, 6.45) is 6.02. The number of nitrogen functional groups attached to an aromatic ring is 1. The summed E-state index contributed by atoms with van der Waals surface area (Å²) >= 11 is 0. The summed E-state index contributed by atoms with van der Waals surface area (Å²) in [6, 6.07) is 18.4. The Morgan fingerprint density at radius 3 is 2.68 bits per heavy atom. The summed E-state index contributed by atoms with van der Waals surface area (Å²) in [5.74, 6) is 0. The number of para-hydroxylation sites is 1. The van der Waals surface area contributed by atoms with Crippen LogP contribution in [0.1, 0.15) is 17.0 Å². The molecule has 0 atom stereocenters. The molecule has 136 valence electrons. The normalized spacial score (nSPS) is 11.9. The fraction of sp³-hybridized carbons (Fsp3) is 0.0833. The molecule has 5 aromatic rings. The zero-order valence-electron chi connectivity index (χ0n) is 15.8. The molecule has 2 N–H and O–H groups in total. The van der Waals surface area contributed by atoms with Gasteiger partial charge in [0.2, 0.25) is 0 Å².